The summed E-state index contributed by atoms with van der Waals surface area (Å²) in [6.07, 6.45) is 4.15. The lowest BCUT2D eigenvalue weighted by Gasteiger charge is -2.49. The van der Waals surface area contributed by atoms with Gasteiger partial charge in [-0.2, -0.15) is 0 Å². The van der Waals surface area contributed by atoms with Crippen molar-refractivity contribution in [2.45, 2.75) is 58.2 Å². The number of nitrogens with zero attached hydrogens (tertiary/aromatic N) is 2. The second-order valence-electron chi connectivity index (χ2n) is 6.31. The van der Waals surface area contributed by atoms with Crippen LogP contribution in [0.2, 0.25) is 0 Å². The Bertz CT molecular complexity index is 428. The molecule has 3 heteroatoms. The first-order valence-corrected chi connectivity index (χ1v) is 7.71. The van der Waals surface area contributed by atoms with Gasteiger partial charge in [-0.15, -0.1) is 0 Å². The Hall–Kier alpha value is -0.800. The van der Waals surface area contributed by atoms with Crippen molar-refractivity contribution < 1.29 is 4.42 Å². The van der Waals surface area contributed by atoms with Crippen LogP contribution in [0.15, 0.2) is 16.5 Å². The average molecular weight is 262 g/mol. The third-order valence-electron chi connectivity index (χ3n) is 4.91. The van der Waals surface area contributed by atoms with E-state index < -0.39 is 0 Å². The van der Waals surface area contributed by atoms with Crippen LogP contribution in [0.3, 0.4) is 0 Å². The van der Waals surface area contributed by atoms with Gasteiger partial charge in [0, 0.05) is 25.2 Å². The van der Waals surface area contributed by atoms with Crippen molar-refractivity contribution in [3.05, 3.63) is 23.7 Å². The van der Waals surface area contributed by atoms with Gasteiger partial charge in [0.05, 0.1) is 6.04 Å². The van der Waals surface area contributed by atoms with E-state index in [0.717, 1.165) is 17.6 Å². The molecule has 3 heterocycles. The Morgan fingerprint density at radius 2 is 2.11 bits per heavy atom. The van der Waals surface area contributed by atoms with E-state index in [0.29, 0.717) is 12.1 Å². The van der Waals surface area contributed by atoms with Crippen LogP contribution in [-0.2, 0) is 0 Å². The Labute approximate surface area is 116 Å². The molecule has 2 aliphatic heterocycles. The minimum atomic E-state index is 0.396. The molecule has 0 aliphatic carbocycles. The number of furan rings is 1. The van der Waals surface area contributed by atoms with Crippen LogP contribution in [0.1, 0.15) is 50.7 Å². The fraction of sp³-hybridized carbons (Fsp3) is 0.750. The van der Waals surface area contributed by atoms with Crippen LogP contribution in [0.25, 0.3) is 0 Å². The lowest BCUT2D eigenvalue weighted by molar-refractivity contribution is -0.00896. The first kappa shape index (κ1) is 13.2. The van der Waals surface area contributed by atoms with Gasteiger partial charge in [-0.05, 0) is 52.3 Å². The second-order valence-corrected chi connectivity index (χ2v) is 6.31. The van der Waals surface area contributed by atoms with Crippen molar-refractivity contribution in [2.24, 2.45) is 0 Å². The third-order valence-corrected chi connectivity index (χ3v) is 4.91. The monoisotopic (exact) mass is 262 g/mol. The maximum Gasteiger partial charge on any atom is 0.121 e. The average Bonchev–Trinajstić information content (AvgIpc) is 2.84. The summed E-state index contributed by atoms with van der Waals surface area (Å²) in [4.78, 5) is 5.33. The maximum atomic E-state index is 5.83. The lowest BCUT2D eigenvalue weighted by Crippen LogP contribution is -2.58. The summed E-state index contributed by atoms with van der Waals surface area (Å²) in [6.45, 7) is 10.4. The highest BCUT2D eigenvalue weighted by molar-refractivity contribution is 5.10. The summed E-state index contributed by atoms with van der Waals surface area (Å²) in [5.74, 6) is 2.14. The van der Waals surface area contributed by atoms with Crippen LogP contribution in [0.5, 0.6) is 0 Å². The smallest absolute Gasteiger partial charge is 0.121 e. The van der Waals surface area contributed by atoms with E-state index in [9.17, 15) is 0 Å². The zero-order valence-corrected chi connectivity index (χ0v) is 12.4. The van der Waals surface area contributed by atoms with E-state index >= 15 is 0 Å². The van der Waals surface area contributed by atoms with Crippen LogP contribution >= 0.6 is 0 Å². The molecular formula is C16H26N2O. The molecule has 2 fully saturated rings. The molecule has 0 radical (unpaired) electrons. The molecule has 2 aliphatic rings. The number of piperidine rings is 1. The quantitative estimate of drug-likeness (QED) is 0.816. The van der Waals surface area contributed by atoms with Crippen molar-refractivity contribution in [1.82, 2.24) is 9.80 Å². The van der Waals surface area contributed by atoms with Crippen molar-refractivity contribution in [2.75, 3.05) is 19.6 Å². The molecule has 0 bridgehead atoms. The highest BCUT2D eigenvalue weighted by atomic mass is 16.3. The largest absolute Gasteiger partial charge is 0.465 e. The molecule has 2 saturated heterocycles. The van der Waals surface area contributed by atoms with Crippen LogP contribution in [0.4, 0.5) is 0 Å². The number of fused-ring (bicyclic) bond motifs is 1. The van der Waals surface area contributed by atoms with Crippen LogP contribution in [-0.4, -0.2) is 41.5 Å². The van der Waals surface area contributed by atoms with Gasteiger partial charge in [-0.1, -0.05) is 6.42 Å². The zero-order chi connectivity index (χ0) is 13.4. The SMILES string of the molecule is Cc1ccc(C(C)N2CC3CCCCN3CC2C)o1. The molecule has 19 heavy (non-hydrogen) atoms. The Kier molecular flexibility index (Phi) is 3.68. The second kappa shape index (κ2) is 5.29. The lowest BCUT2D eigenvalue weighted by atomic mass is 9.96. The molecule has 3 atom stereocenters. The van der Waals surface area contributed by atoms with E-state index in [1.807, 2.05) is 6.92 Å². The predicted molar refractivity (Wildman–Crippen MR) is 77.2 cm³/mol. The molecule has 0 N–H and O–H groups in total. The van der Waals surface area contributed by atoms with E-state index in [1.165, 1.54) is 38.9 Å². The number of hydrogen-bond donors (Lipinski definition) is 0. The number of hydrogen-bond acceptors (Lipinski definition) is 3. The highest BCUT2D eigenvalue weighted by Gasteiger charge is 2.35. The van der Waals surface area contributed by atoms with E-state index in [4.69, 9.17) is 4.42 Å². The van der Waals surface area contributed by atoms with Crippen LogP contribution in [0, 0.1) is 6.92 Å². The van der Waals surface area contributed by atoms with Crippen molar-refractivity contribution >= 4 is 0 Å². The normalized spacial score (nSPS) is 31.1. The first-order valence-electron chi connectivity index (χ1n) is 7.71. The summed E-state index contributed by atoms with van der Waals surface area (Å²) in [5, 5.41) is 0. The summed E-state index contributed by atoms with van der Waals surface area (Å²) in [5.41, 5.74) is 0. The Balaban J connectivity index is 1.73. The maximum absolute atomic E-state index is 5.83. The van der Waals surface area contributed by atoms with Gasteiger partial charge in [0.25, 0.3) is 0 Å². The van der Waals surface area contributed by atoms with Crippen molar-refractivity contribution in [3.63, 3.8) is 0 Å². The number of aryl methyl sites for hydroxylation is 1. The fourth-order valence-electron chi connectivity index (χ4n) is 3.76. The molecule has 1 aromatic heterocycles. The molecular weight excluding hydrogens is 236 g/mol. The molecule has 1 aromatic rings. The van der Waals surface area contributed by atoms with Gasteiger partial charge in [0.15, 0.2) is 0 Å². The summed E-state index contributed by atoms with van der Waals surface area (Å²) in [7, 11) is 0. The van der Waals surface area contributed by atoms with Gasteiger partial charge in [-0.25, -0.2) is 0 Å². The molecule has 3 unspecified atom stereocenters. The van der Waals surface area contributed by atoms with Gasteiger partial charge in [-0.3, -0.25) is 9.80 Å². The minimum absolute atomic E-state index is 0.396. The summed E-state index contributed by atoms with van der Waals surface area (Å²) < 4.78 is 5.83. The Morgan fingerprint density at radius 1 is 1.26 bits per heavy atom. The fourth-order valence-corrected chi connectivity index (χ4v) is 3.76. The zero-order valence-electron chi connectivity index (χ0n) is 12.4. The topological polar surface area (TPSA) is 19.6 Å². The van der Waals surface area contributed by atoms with Gasteiger partial charge in [0.2, 0.25) is 0 Å². The number of rotatable bonds is 2. The molecule has 0 spiro atoms. The van der Waals surface area contributed by atoms with Gasteiger partial charge < -0.3 is 4.42 Å². The summed E-state index contributed by atoms with van der Waals surface area (Å²) in [6, 6.07) is 6.00. The van der Waals surface area contributed by atoms with Crippen LogP contribution < -0.4 is 0 Å². The van der Waals surface area contributed by atoms with Crippen molar-refractivity contribution in [3.8, 4) is 0 Å². The number of piperazine rings is 1. The van der Waals surface area contributed by atoms with Gasteiger partial charge in [0.1, 0.15) is 11.5 Å². The molecule has 106 valence electrons. The third kappa shape index (κ3) is 2.59. The van der Waals surface area contributed by atoms with E-state index in [-0.39, 0.29) is 0 Å². The predicted octanol–water partition coefficient (Wildman–Crippen LogP) is 3.21. The first-order chi connectivity index (χ1) is 9.15. The highest BCUT2D eigenvalue weighted by Crippen LogP contribution is 2.31. The molecule has 3 nitrogen and oxygen atoms in total. The van der Waals surface area contributed by atoms with E-state index in [1.54, 1.807) is 0 Å². The Morgan fingerprint density at radius 3 is 2.84 bits per heavy atom. The molecule has 0 amide bonds. The summed E-state index contributed by atoms with van der Waals surface area (Å²) >= 11 is 0. The molecule has 0 aromatic carbocycles. The molecule has 3 rings (SSSR count). The minimum Gasteiger partial charge on any atom is -0.465 e. The van der Waals surface area contributed by atoms with Gasteiger partial charge >= 0.3 is 0 Å². The van der Waals surface area contributed by atoms with E-state index in [2.05, 4.69) is 35.8 Å². The molecule has 0 saturated carbocycles. The van der Waals surface area contributed by atoms with Crippen molar-refractivity contribution in [1.29, 1.82) is 0 Å². The standard InChI is InChI=1S/C16H26N2O/c1-12-10-17-9-5-4-6-15(17)11-18(12)14(3)16-8-7-13(2)19-16/h7-8,12,14-15H,4-6,9-11H2,1-3H3.